The number of nitrogens with two attached hydrogens (primary N) is 1. The molecule has 3 rings (SSSR count). The number of pyridine rings is 1. The fourth-order valence-corrected chi connectivity index (χ4v) is 3.12. The molecular weight excluding hydrogens is 376 g/mol. The van der Waals surface area contributed by atoms with Crippen molar-refractivity contribution < 1.29 is 9.47 Å². The van der Waals surface area contributed by atoms with E-state index >= 15 is 0 Å². The minimum Gasteiger partial charge on any atom is -0.496 e. The molecule has 0 aliphatic heterocycles. The van der Waals surface area contributed by atoms with E-state index < -0.39 is 0 Å². The van der Waals surface area contributed by atoms with Gasteiger partial charge in [0.1, 0.15) is 15.9 Å². The summed E-state index contributed by atoms with van der Waals surface area (Å²) in [4.78, 5) is 17.3. The van der Waals surface area contributed by atoms with Crippen LogP contribution in [0.5, 0.6) is 11.6 Å². The SMILES string of the molecule is COc1nc(Cn2cnc3c(Br)nc(N)nc32)c(C)c(OC)c1C. The molecule has 2 N–H and O–H groups in total. The fourth-order valence-electron chi connectivity index (χ4n) is 2.66. The molecule has 3 aromatic heterocycles. The average Bonchev–Trinajstić information content (AvgIpc) is 2.93. The number of nitrogens with zero attached hydrogens (tertiary/aromatic N) is 5. The molecule has 3 aromatic rings. The van der Waals surface area contributed by atoms with Crippen LogP contribution in [0.25, 0.3) is 11.2 Å². The normalized spacial score (nSPS) is 11.0. The van der Waals surface area contributed by atoms with Crippen LogP contribution in [0.4, 0.5) is 5.95 Å². The van der Waals surface area contributed by atoms with Gasteiger partial charge in [-0.05, 0) is 29.8 Å². The number of rotatable bonds is 4. The van der Waals surface area contributed by atoms with Crippen molar-refractivity contribution in [1.82, 2.24) is 24.5 Å². The lowest BCUT2D eigenvalue weighted by molar-refractivity contribution is 0.372. The van der Waals surface area contributed by atoms with Crippen molar-refractivity contribution in [2.45, 2.75) is 20.4 Å². The van der Waals surface area contributed by atoms with Crippen LogP contribution in [-0.4, -0.2) is 38.7 Å². The quantitative estimate of drug-likeness (QED) is 0.679. The molecule has 0 spiro atoms. The highest BCUT2D eigenvalue weighted by molar-refractivity contribution is 9.10. The van der Waals surface area contributed by atoms with Gasteiger partial charge in [0.2, 0.25) is 11.8 Å². The maximum atomic E-state index is 5.74. The van der Waals surface area contributed by atoms with Crippen LogP contribution < -0.4 is 15.2 Å². The number of fused-ring (bicyclic) bond motifs is 1. The third kappa shape index (κ3) is 2.64. The fraction of sp³-hybridized carbons (Fsp3) is 0.333. The summed E-state index contributed by atoms with van der Waals surface area (Å²) in [7, 11) is 3.22. The number of anilines is 1. The molecule has 0 fully saturated rings. The first-order valence-electron chi connectivity index (χ1n) is 7.18. The summed E-state index contributed by atoms with van der Waals surface area (Å²) in [6.07, 6.45) is 1.68. The summed E-state index contributed by atoms with van der Waals surface area (Å²) in [6.45, 7) is 4.34. The molecule has 0 amide bonds. The van der Waals surface area contributed by atoms with E-state index in [4.69, 9.17) is 15.2 Å². The van der Waals surface area contributed by atoms with E-state index in [1.807, 2.05) is 18.4 Å². The van der Waals surface area contributed by atoms with Crippen LogP contribution in [0.1, 0.15) is 16.8 Å². The highest BCUT2D eigenvalue weighted by Gasteiger charge is 2.17. The molecule has 0 bridgehead atoms. The lowest BCUT2D eigenvalue weighted by Gasteiger charge is -2.16. The van der Waals surface area contributed by atoms with Crippen LogP contribution >= 0.6 is 15.9 Å². The first kappa shape index (κ1) is 16.4. The number of imidazole rings is 1. The molecule has 24 heavy (non-hydrogen) atoms. The Kier molecular flexibility index (Phi) is 4.27. The lowest BCUT2D eigenvalue weighted by Crippen LogP contribution is -2.08. The molecule has 126 valence electrons. The smallest absolute Gasteiger partial charge is 0.223 e. The van der Waals surface area contributed by atoms with E-state index in [2.05, 4.69) is 35.9 Å². The molecule has 0 unspecified atom stereocenters. The number of aromatic nitrogens is 5. The third-order valence-corrected chi connectivity index (χ3v) is 4.38. The number of hydrogen-bond donors (Lipinski definition) is 1. The molecule has 9 heteroatoms. The number of methoxy groups -OCH3 is 2. The topological polar surface area (TPSA) is 101 Å². The van der Waals surface area contributed by atoms with E-state index in [1.165, 1.54) is 0 Å². The van der Waals surface area contributed by atoms with Gasteiger partial charge in [0, 0.05) is 5.56 Å². The molecule has 0 saturated carbocycles. The van der Waals surface area contributed by atoms with E-state index in [0.29, 0.717) is 28.2 Å². The van der Waals surface area contributed by atoms with Gasteiger partial charge in [-0.1, -0.05) is 0 Å². The third-order valence-electron chi connectivity index (χ3n) is 3.83. The Bertz CT molecular complexity index is 924. The summed E-state index contributed by atoms with van der Waals surface area (Å²) in [6, 6.07) is 0. The van der Waals surface area contributed by atoms with Gasteiger partial charge in [-0.3, -0.25) is 0 Å². The first-order chi connectivity index (χ1) is 11.5. The Balaban J connectivity index is 2.12. The lowest BCUT2D eigenvalue weighted by atomic mass is 10.1. The highest BCUT2D eigenvalue weighted by Crippen LogP contribution is 2.32. The van der Waals surface area contributed by atoms with Crippen LogP contribution in [-0.2, 0) is 6.54 Å². The minimum absolute atomic E-state index is 0.180. The molecule has 0 radical (unpaired) electrons. The Morgan fingerprint density at radius 3 is 2.54 bits per heavy atom. The molecule has 0 atom stereocenters. The standard InChI is InChI=1S/C15H17BrN6O2/c1-7-9(19-14(24-4)8(2)11(7)23-3)5-22-6-18-10-12(16)20-15(17)21-13(10)22/h6H,5H2,1-4H3,(H2,17,20,21). The minimum atomic E-state index is 0.180. The zero-order valence-corrected chi connectivity index (χ0v) is 15.4. The second kappa shape index (κ2) is 6.23. The van der Waals surface area contributed by atoms with Crippen molar-refractivity contribution >= 4 is 33.0 Å². The molecule has 3 heterocycles. The van der Waals surface area contributed by atoms with Gasteiger partial charge in [-0.15, -0.1) is 0 Å². The summed E-state index contributed by atoms with van der Waals surface area (Å²) in [5.74, 6) is 1.48. The van der Waals surface area contributed by atoms with Crippen LogP contribution in [0, 0.1) is 13.8 Å². The second-order valence-corrected chi connectivity index (χ2v) is 6.02. The average molecular weight is 393 g/mol. The molecular formula is C15H17BrN6O2. The highest BCUT2D eigenvalue weighted by atomic mass is 79.9. The Hall–Kier alpha value is -2.42. The van der Waals surface area contributed by atoms with Gasteiger partial charge in [-0.25, -0.2) is 15.0 Å². The number of nitrogen functional groups attached to an aromatic ring is 1. The van der Waals surface area contributed by atoms with Gasteiger partial charge in [-0.2, -0.15) is 4.98 Å². The Morgan fingerprint density at radius 1 is 1.12 bits per heavy atom. The molecule has 0 aromatic carbocycles. The van der Waals surface area contributed by atoms with Crippen molar-refractivity contribution in [1.29, 1.82) is 0 Å². The van der Waals surface area contributed by atoms with Crippen LogP contribution in [0.2, 0.25) is 0 Å². The largest absolute Gasteiger partial charge is 0.496 e. The maximum Gasteiger partial charge on any atom is 0.223 e. The van der Waals surface area contributed by atoms with Crippen LogP contribution in [0.15, 0.2) is 10.9 Å². The molecule has 0 aliphatic rings. The molecule has 0 aliphatic carbocycles. The summed E-state index contributed by atoms with van der Waals surface area (Å²) < 4.78 is 13.3. The van der Waals surface area contributed by atoms with Gasteiger partial charge in [0.05, 0.1) is 38.3 Å². The number of halogens is 1. The number of ether oxygens (including phenoxy) is 2. The second-order valence-electron chi connectivity index (χ2n) is 5.27. The van der Waals surface area contributed by atoms with Crippen LogP contribution in [0.3, 0.4) is 0 Å². The molecule has 8 nitrogen and oxygen atoms in total. The Labute approximate surface area is 147 Å². The maximum absolute atomic E-state index is 5.74. The van der Waals surface area contributed by atoms with E-state index in [-0.39, 0.29) is 5.95 Å². The number of hydrogen-bond acceptors (Lipinski definition) is 7. The van der Waals surface area contributed by atoms with E-state index in [0.717, 1.165) is 22.6 Å². The first-order valence-corrected chi connectivity index (χ1v) is 7.97. The summed E-state index contributed by atoms with van der Waals surface area (Å²) in [5, 5.41) is 0. The van der Waals surface area contributed by atoms with Crippen molar-refractivity contribution in [3.63, 3.8) is 0 Å². The van der Waals surface area contributed by atoms with Gasteiger partial charge in [0.25, 0.3) is 0 Å². The summed E-state index contributed by atoms with van der Waals surface area (Å²) >= 11 is 3.35. The van der Waals surface area contributed by atoms with Crippen molar-refractivity contribution in [2.24, 2.45) is 0 Å². The zero-order valence-electron chi connectivity index (χ0n) is 13.8. The molecule has 0 saturated heterocycles. The van der Waals surface area contributed by atoms with E-state index in [9.17, 15) is 0 Å². The summed E-state index contributed by atoms with van der Waals surface area (Å²) in [5.41, 5.74) is 9.64. The monoisotopic (exact) mass is 392 g/mol. The zero-order chi connectivity index (χ0) is 17.4. The Morgan fingerprint density at radius 2 is 1.88 bits per heavy atom. The van der Waals surface area contributed by atoms with Gasteiger partial charge >= 0.3 is 0 Å². The predicted molar refractivity (Wildman–Crippen MR) is 93.4 cm³/mol. The van der Waals surface area contributed by atoms with Gasteiger partial charge < -0.3 is 19.8 Å². The van der Waals surface area contributed by atoms with Crippen molar-refractivity contribution in [2.75, 3.05) is 20.0 Å². The van der Waals surface area contributed by atoms with Crippen molar-refractivity contribution in [3.05, 3.63) is 27.8 Å². The predicted octanol–water partition coefficient (Wildman–Crippen LogP) is 2.25. The van der Waals surface area contributed by atoms with E-state index in [1.54, 1.807) is 20.5 Å². The van der Waals surface area contributed by atoms with Gasteiger partial charge in [0.15, 0.2) is 5.65 Å². The van der Waals surface area contributed by atoms with Crippen molar-refractivity contribution in [3.8, 4) is 11.6 Å².